The van der Waals surface area contributed by atoms with Crippen LogP contribution in [0.2, 0.25) is 0 Å². The molecule has 2 heteroatoms. The molecular formula is C9H19FO. The Labute approximate surface area is 68.9 Å². The van der Waals surface area contributed by atoms with Crippen molar-refractivity contribution < 1.29 is 9.13 Å². The van der Waals surface area contributed by atoms with E-state index in [2.05, 4.69) is 18.6 Å². The molecule has 0 heterocycles. The zero-order valence-corrected chi connectivity index (χ0v) is 7.61. The molecule has 0 aliphatic heterocycles. The molecule has 0 aliphatic rings. The van der Waals surface area contributed by atoms with E-state index in [0.29, 0.717) is 6.61 Å². The van der Waals surface area contributed by atoms with Gasteiger partial charge in [0.1, 0.15) is 0 Å². The molecule has 0 rings (SSSR count). The molecule has 1 unspecified atom stereocenters. The standard InChI is InChI=1S/C9H19FO/c1-3-5-9(2)6-4-7-11-8-10/h9H,3-8H2,1-2H3. The lowest BCUT2D eigenvalue weighted by Crippen LogP contribution is -1.98. The predicted octanol–water partition coefficient (Wildman–Crippen LogP) is 3.15. The van der Waals surface area contributed by atoms with Gasteiger partial charge in [-0.1, -0.05) is 26.7 Å². The van der Waals surface area contributed by atoms with Gasteiger partial charge < -0.3 is 4.74 Å². The van der Waals surface area contributed by atoms with E-state index in [1.165, 1.54) is 12.8 Å². The van der Waals surface area contributed by atoms with Crippen molar-refractivity contribution in [2.45, 2.75) is 39.5 Å². The summed E-state index contributed by atoms with van der Waals surface area (Å²) in [7, 11) is 0. The largest absolute Gasteiger partial charge is 0.350 e. The zero-order chi connectivity index (χ0) is 8.53. The molecule has 0 saturated heterocycles. The van der Waals surface area contributed by atoms with E-state index >= 15 is 0 Å². The Morgan fingerprint density at radius 3 is 2.64 bits per heavy atom. The van der Waals surface area contributed by atoms with E-state index in [-0.39, 0.29) is 0 Å². The molecule has 0 aliphatic carbocycles. The Morgan fingerprint density at radius 1 is 1.36 bits per heavy atom. The van der Waals surface area contributed by atoms with Crippen LogP contribution in [0, 0.1) is 5.92 Å². The molecule has 0 aromatic rings. The third-order valence-electron chi connectivity index (χ3n) is 1.84. The second kappa shape index (κ2) is 7.99. The minimum atomic E-state index is -0.637. The molecule has 0 bridgehead atoms. The number of alkyl halides is 1. The van der Waals surface area contributed by atoms with Crippen LogP contribution in [0.15, 0.2) is 0 Å². The van der Waals surface area contributed by atoms with Gasteiger partial charge in [0, 0.05) is 6.61 Å². The molecule has 11 heavy (non-hydrogen) atoms. The highest BCUT2D eigenvalue weighted by atomic mass is 19.1. The van der Waals surface area contributed by atoms with Crippen LogP contribution in [0.1, 0.15) is 39.5 Å². The van der Waals surface area contributed by atoms with Crippen LogP contribution in [0.4, 0.5) is 4.39 Å². The van der Waals surface area contributed by atoms with Crippen molar-refractivity contribution in [1.29, 1.82) is 0 Å². The molecule has 68 valence electrons. The van der Waals surface area contributed by atoms with E-state index < -0.39 is 6.86 Å². The topological polar surface area (TPSA) is 9.23 Å². The third kappa shape index (κ3) is 7.79. The Kier molecular flexibility index (Phi) is 7.91. The first-order chi connectivity index (χ1) is 5.31. The fourth-order valence-corrected chi connectivity index (χ4v) is 1.23. The molecule has 0 spiro atoms. The predicted molar refractivity (Wildman–Crippen MR) is 45.2 cm³/mol. The van der Waals surface area contributed by atoms with Crippen molar-refractivity contribution in [2.24, 2.45) is 5.92 Å². The van der Waals surface area contributed by atoms with Gasteiger partial charge in [-0.3, -0.25) is 0 Å². The van der Waals surface area contributed by atoms with Crippen LogP contribution in [0.5, 0.6) is 0 Å². The first-order valence-corrected chi connectivity index (χ1v) is 4.45. The number of rotatable bonds is 7. The lowest BCUT2D eigenvalue weighted by molar-refractivity contribution is 0.0539. The molecule has 1 nitrogen and oxygen atoms in total. The lowest BCUT2D eigenvalue weighted by atomic mass is 10.0. The van der Waals surface area contributed by atoms with Crippen LogP contribution >= 0.6 is 0 Å². The van der Waals surface area contributed by atoms with Gasteiger partial charge in [-0.15, -0.1) is 0 Å². The van der Waals surface area contributed by atoms with Crippen LogP contribution in [0.25, 0.3) is 0 Å². The maximum absolute atomic E-state index is 11.4. The van der Waals surface area contributed by atoms with Gasteiger partial charge in [-0.05, 0) is 18.8 Å². The summed E-state index contributed by atoms with van der Waals surface area (Å²) in [4.78, 5) is 0. The average Bonchev–Trinajstić information content (AvgIpc) is 1.99. The summed E-state index contributed by atoms with van der Waals surface area (Å²) >= 11 is 0. The van der Waals surface area contributed by atoms with Gasteiger partial charge in [-0.25, -0.2) is 4.39 Å². The SMILES string of the molecule is CCCC(C)CCCOCF. The van der Waals surface area contributed by atoms with Gasteiger partial charge >= 0.3 is 0 Å². The van der Waals surface area contributed by atoms with Crippen LogP contribution in [-0.2, 0) is 4.74 Å². The van der Waals surface area contributed by atoms with Crippen LogP contribution < -0.4 is 0 Å². The van der Waals surface area contributed by atoms with Crippen LogP contribution in [-0.4, -0.2) is 13.5 Å². The summed E-state index contributed by atoms with van der Waals surface area (Å²) in [6.07, 6.45) is 4.67. The fourth-order valence-electron chi connectivity index (χ4n) is 1.23. The van der Waals surface area contributed by atoms with Gasteiger partial charge in [0.05, 0.1) is 0 Å². The first-order valence-electron chi connectivity index (χ1n) is 4.45. The highest BCUT2D eigenvalue weighted by Crippen LogP contribution is 2.11. The van der Waals surface area contributed by atoms with Gasteiger partial charge in [-0.2, -0.15) is 0 Å². The van der Waals surface area contributed by atoms with E-state index in [1.54, 1.807) is 0 Å². The van der Waals surface area contributed by atoms with Gasteiger partial charge in [0.2, 0.25) is 0 Å². The highest BCUT2D eigenvalue weighted by Gasteiger charge is 1.99. The summed E-state index contributed by atoms with van der Waals surface area (Å²) in [6.45, 7) is 4.36. The molecular weight excluding hydrogens is 143 g/mol. The molecule has 0 radical (unpaired) electrons. The molecule has 0 aromatic carbocycles. The zero-order valence-electron chi connectivity index (χ0n) is 7.61. The lowest BCUT2D eigenvalue weighted by Gasteiger charge is -2.08. The summed E-state index contributed by atoms with van der Waals surface area (Å²) in [5, 5.41) is 0. The van der Waals surface area contributed by atoms with Crippen LogP contribution in [0.3, 0.4) is 0 Å². The van der Waals surface area contributed by atoms with Crippen molar-refractivity contribution in [3.05, 3.63) is 0 Å². The minimum absolute atomic E-state index is 0.574. The average molecular weight is 162 g/mol. The normalized spacial score (nSPS) is 13.4. The van der Waals surface area contributed by atoms with Crippen molar-refractivity contribution in [3.8, 4) is 0 Å². The minimum Gasteiger partial charge on any atom is -0.350 e. The maximum atomic E-state index is 11.4. The molecule has 0 aromatic heterocycles. The van der Waals surface area contributed by atoms with E-state index in [4.69, 9.17) is 0 Å². The van der Waals surface area contributed by atoms with Gasteiger partial charge in [0.25, 0.3) is 0 Å². The number of halogens is 1. The molecule has 0 fully saturated rings. The Hall–Kier alpha value is -0.110. The molecule has 1 atom stereocenters. The van der Waals surface area contributed by atoms with Crippen molar-refractivity contribution in [2.75, 3.05) is 13.5 Å². The fraction of sp³-hybridized carbons (Fsp3) is 1.00. The highest BCUT2D eigenvalue weighted by molar-refractivity contribution is 4.51. The van der Waals surface area contributed by atoms with E-state index in [1.807, 2.05) is 0 Å². The first kappa shape index (κ1) is 10.9. The van der Waals surface area contributed by atoms with Gasteiger partial charge in [0.15, 0.2) is 6.86 Å². The second-order valence-electron chi connectivity index (χ2n) is 3.05. The number of ether oxygens (including phenoxy) is 1. The molecule has 0 amide bonds. The summed E-state index contributed by atoms with van der Waals surface area (Å²) in [6, 6.07) is 0. The van der Waals surface area contributed by atoms with Crippen molar-refractivity contribution in [1.82, 2.24) is 0 Å². The number of hydrogen-bond acceptors (Lipinski definition) is 1. The molecule has 0 saturated carbocycles. The number of hydrogen-bond donors (Lipinski definition) is 0. The third-order valence-corrected chi connectivity index (χ3v) is 1.84. The van der Waals surface area contributed by atoms with E-state index in [0.717, 1.165) is 18.8 Å². The Bertz CT molecular complexity index is 76.0. The summed E-state index contributed by atoms with van der Waals surface area (Å²) in [5.41, 5.74) is 0. The Morgan fingerprint density at radius 2 is 2.09 bits per heavy atom. The van der Waals surface area contributed by atoms with Crippen molar-refractivity contribution in [3.63, 3.8) is 0 Å². The molecule has 0 N–H and O–H groups in total. The maximum Gasteiger partial charge on any atom is 0.188 e. The summed E-state index contributed by atoms with van der Waals surface area (Å²) in [5.74, 6) is 0.767. The quantitative estimate of drug-likeness (QED) is 0.522. The summed E-state index contributed by atoms with van der Waals surface area (Å²) < 4.78 is 16.0. The second-order valence-corrected chi connectivity index (χ2v) is 3.05. The van der Waals surface area contributed by atoms with E-state index in [9.17, 15) is 4.39 Å². The smallest absolute Gasteiger partial charge is 0.188 e. The van der Waals surface area contributed by atoms with Crippen molar-refractivity contribution >= 4 is 0 Å². The monoisotopic (exact) mass is 162 g/mol. The Balaban J connectivity index is 2.97.